The number of rotatable bonds is 4. The molecule has 3 aliphatic rings. The molecule has 256 valence electrons. The Bertz CT molecular complexity index is 2640. The third-order valence-electron chi connectivity index (χ3n) is 9.91. The fourth-order valence-corrected chi connectivity index (χ4v) is 7.19. The Morgan fingerprint density at radius 3 is 0.889 bits per heavy atom. The van der Waals surface area contributed by atoms with E-state index in [1.165, 1.54) is 72.8 Å². The van der Waals surface area contributed by atoms with Crippen molar-refractivity contribution in [1.29, 1.82) is 0 Å². The molecule has 0 aliphatic heterocycles. The summed E-state index contributed by atoms with van der Waals surface area (Å²) in [5, 5.41) is 5.42. The van der Waals surface area contributed by atoms with Gasteiger partial charge in [0.05, 0.1) is 0 Å². The molecule has 0 saturated carbocycles. The third-order valence-corrected chi connectivity index (χ3v) is 9.91. The average molecular weight is 707 g/mol. The van der Waals surface area contributed by atoms with Crippen LogP contribution in [0.4, 0.5) is 11.4 Å². The molecule has 0 atom stereocenters. The largest absolute Gasteiger partial charge is 0.322 e. The number of fused-ring (bicyclic) bond motifs is 6. The first-order valence-electron chi connectivity index (χ1n) is 16.7. The van der Waals surface area contributed by atoms with E-state index >= 15 is 0 Å². The molecule has 0 heterocycles. The molecule has 0 spiro atoms. The fraction of sp³-hybridized carbons (Fsp3) is 0. The Morgan fingerprint density at radius 2 is 0.556 bits per heavy atom. The van der Waals surface area contributed by atoms with Gasteiger partial charge in [0.1, 0.15) is 0 Å². The topological polar surface area (TPSA) is 161 Å². The van der Waals surface area contributed by atoms with Crippen LogP contribution in [0.2, 0.25) is 0 Å². The lowest BCUT2D eigenvalue weighted by Crippen LogP contribution is -2.23. The van der Waals surface area contributed by atoms with Crippen molar-refractivity contribution in [3.05, 3.63) is 199 Å². The van der Waals surface area contributed by atoms with Gasteiger partial charge in [-0.2, -0.15) is 0 Å². The summed E-state index contributed by atoms with van der Waals surface area (Å²) in [6.07, 6.45) is 0. The number of benzene rings is 6. The molecule has 0 fully saturated rings. The Hall–Kier alpha value is -7.72. The number of ketones is 6. The SMILES string of the molecule is O=C(Nc1ccc2c(c1)C(=O)c1ccc(NC(=O)c3ccc4c(c3)C(=O)c3ccccc3C4=O)cc1C2=O)c1ccc2c(c1)C(=O)c1ccccc1C2=O. The Kier molecular flexibility index (Phi) is 7.11. The van der Waals surface area contributed by atoms with Gasteiger partial charge in [-0.3, -0.25) is 38.4 Å². The van der Waals surface area contributed by atoms with Crippen LogP contribution in [0.1, 0.15) is 116 Å². The molecule has 6 aromatic carbocycles. The zero-order chi connectivity index (χ0) is 37.4. The summed E-state index contributed by atoms with van der Waals surface area (Å²) in [5.74, 6) is -3.47. The van der Waals surface area contributed by atoms with E-state index < -0.39 is 23.4 Å². The molecule has 2 amide bonds. The second kappa shape index (κ2) is 11.9. The number of amides is 2. The van der Waals surface area contributed by atoms with Crippen LogP contribution in [0, 0.1) is 0 Å². The normalized spacial score (nSPS) is 13.6. The van der Waals surface area contributed by atoms with E-state index in [0.29, 0.717) is 11.1 Å². The first-order valence-corrected chi connectivity index (χ1v) is 16.7. The summed E-state index contributed by atoms with van der Waals surface area (Å²) in [4.78, 5) is 106. The number of carbonyl (C=O) groups is 8. The minimum absolute atomic E-state index is 0.0692. The van der Waals surface area contributed by atoms with Crippen LogP contribution >= 0.6 is 0 Å². The van der Waals surface area contributed by atoms with E-state index in [9.17, 15) is 38.4 Å². The molecule has 0 unspecified atom stereocenters. The van der Waals surface area contributed by atoms with Gasteiger partial charge in [0.2, 0.25) is 0 Å². The number of hydrogen-bond donors (Lipinski definition) is 2. The lowest BCUT2D eigenvalue weighted by molar-refractivity contribution is 0.0977. The number of nitrogens with one attached hydrogen (secondary N) is 2. The molecule has 9 rings (SSSR count). The van der Waals surface area contributed by atoms with Crippen LogP contribution in [0.5, 0.6) is 0 Å². The van der Waals surface area contributed by atoms with Gasteiger partial charge in [0.25, 0.3) is 11.8 Å². The van der Waals surface area contributed by atoms with Crippen molar-refractivity contribution in [2.45, 2.75) is 0 Å². The Morgan fingerprint density at radius 1 is 0.296 bits per heavy atom. The highest BCUT2D eigenvalue weighted by atomic mass is 16.2. The van der Waals surface area contributed by atoms with E-state index in [4.69, 9.17) is 0 Å². The van der Waals surface area contributed by atoms with Crippen LogP contribution < -0.4 is 10.6 Å². The van der Waals surface area contributed by atoms with Crippen LogP contribution in [0.25, 0.3) is 0 Å². The van der Waals surface area contributed by atoms with E-state index in [-0.39, 0.29) is 101 Å². The molecule has 0 saturated heterocycles. The van der Waals surface area contributed by atoms with Crippen molar-refractivity contribution in [1.82, 2.24) is 0 Å². The van der Waals surface area contributed by atoms with Crippen LogP contribution in [-0.2, 0) is 0 Å². The molecule has 6 aromatic rings. The lowest BCUT2D eigenvalue weighted by atomic mass is 9.83. The second-order valence-corrected chi connectivity index (χ2v) is 13.0. The monoisotopic (exact) mass is 706 g/mol. The van der Waals surface area contributed by atoms with Gasteiger partial charge in [-0.1, -0.05) is 48.5 Å². The molecule has 0 bridgehead atoms. The van der Waals surface area contributed by atoms with E-state index in [1.54, 1.807) is 48.5 Å². The maximum atomic E-state index is 13.6. The summed E-state index contributed by atoms with van der Waals surface area (Å²) in [6, 6.07) is 30.1. The van der Waals surface area contributed by atoms with Gasteiger partial charge >= 0.3 is 0 Å². The second-order valence-electron chi connectivity index (χ2n) is 13.0. The highest BCUT2D eigenvalue weighted by molar-refractivity contribution is 6.31. The van der Waals surface area contributed by atoms with Crippen LogP contribution in [0.3, 0.4) is 0 Å². The summed E-state index contributed by atoms with van der Waals surface area (Å²) in [5.41, 5.74) is 2.81. The van der Waals surface area contributed by atoms with E-state index in [0.717, 1.165) is 0 Å². The first-order chi connectivity index (χ1) is 26.1. The average Bonchev–Trinajstić information content (AvgIpc) is 3.20. The molecule has 0 radical (unpaired) electrons. The zero-order valence-electron chi connectivity index (χ0n) is 27.8. The van der Waals surface area contributed by atoms with Gasteiger partial charge < -0.3 is 10.6 Å². The smallest absolute Gasteiger partial charge is 0.255 e. The predicted octanol–water partition coefficient (Wildman–Crippen LogP) is 6.52. The highest BCUT2D eigenvalue weighted by Crippen LogP contribution is 2.33. The minimum Gasteiger partial charge on any atom is -0.322 e. The molecular formula is C44H22N2O8. The number of anilines is 2. The first kappa shape index (κ1) is 32.2. The highest BCUT2D eigenvalue weighted by Gasteiger charge is 2.33. The molecule has 54 heavy (non-hydrogen) atoms. The zero-order valence-corrected chi connectivity index (χ0v) is 27.8. The number of hydrogen-bond acceptors (Lipinski definition) is 8. The van der Waals surface area contributed by atoms with Gasteiger partial charge in [-0.05, 0) is 72.8 Å². The molecule has 2 N–H and O–H groups in total. The van der Waals surface area contributed by atoms with Crippen molar-refractivity contribution in [3.63, 3.8) is 0 Å². The van der Waals surface area contributed by atoms with Gasteiger partial charge in [0.15, 0.2) is 34.7 Å². The van der Waals surface area contributed by atoms with Crippen molar-refractivity contribution in [2.75, 3.05) is 10.6 Å². The van der Waals surface area contributed by atoms with Crippen LogP contribution in [0.15, 0.2) is 121 Å². The van der Waals surface area contributed by atoms with Crippen molar-refractivity contribution < 1.29 is 38.4 Å². The molecule has 3 aliphatic carbocycles. The predicted molar refractivity (Wildman–Crippen MR) is 195 cm³/mol. The summed E-state index contributed by atoms with van der Waals surface area (Å²) < 4.78 is 0. The lowest BCUT2D eigenvalue weighted by Gasteiger charge is -2.20. The third kappa shape index (κ3) is 4.89. The maximum Gasteiger partial charge on any atom is 0.255 e. The van der Waals surface area contributed by atoms with E-state index in [1.807, 2.05) is 0 Å². The Labute approximate surface area is 305 Å². The molecule has 10 nitrogen and oxygen atoms in total. The van der Waals surface area contributed by atoms with Crippen molar-refractivity contribution in [2.24, 2.45) is 0 Å². The van der Waals surface area contributed by atoms with Crippen molar-refractivity contribution >= 4 is 57.9 Å². The molecular weight excluding hydrogens is 684 g/mol. The molecule has 10 heteroatoms. The van der Waals surface area contributed by atoms with Gasteiger partial charge in [-0.25, -0.2) is 0 Å². The molecule has 0 aromatic heterocycles. The van der Waals surface area contributed by atoms with Crippen molar-refractivity contribution in [3.8, 4) is 0 Å². The quantitative estimate of drug-likeness (QED) is 0.209. The van der Waals surface area contributed by atoms with Crippen LogP contribution in [-0.4, -0.2) is 46.5 Å². The van der Waals surface area contributed by atoms with Gasteiger partial charge in [0, 0.05) is 89.3 Å². The minimum atomic E-state index is -0.591. The standard InChI is InChI=1S/C44H22N2O8/c47-37-25-5-1-3-7-27(25)39(49)33-17-21(9-13-29(33)37)43(53)45-23-11-15-31-35(19-23)41(51)32-16-12-24(20-36(32)42(31)52)46-44(54)22-10-14-30-34(18-22)40(50)28-8-4-2-6-26(28)38(30)48/h1-20H,(H,45,53)(H,46,54). The fourth-order valence-electron chi connectivity index (χ4n) is 7.19. The number of carbonyl (C=O) groups excluding carboxylic acids is 8. The summed E-state index contributed by atoms with van der Waals surface area (Å²) >= 11 is 0. The van der Waals surface area contributed by atoms with E-state index in [2.05, 4.69) is 10.6 Å². The Balaban J connectivity index is 0.933. The summed E-state index contributed by atoms with van der Waals surface area (Å²) in [7, 11) is 0. The summed E-state index contributed by atoms with van der Waals surface area (Å²) in [6.45, 7) is 0. The maximum absolute atomic E-state index is 13.6. The van der Waals surface area contributed by atoms with Gasteiger partial charge in [-0.15, -0.1) is 0 Å².